The van der Waals surface area contributed by atoms with Gasteiger partial charge in [-0.25, -0.2) is 13.8 Å². The molecule has 15 heavy (non-hydrogen) atoms. The molecular formula is C9H6BrClF2N2. The molecule has 0 amide bonds. The van der Waals surface area contributed by atoms with E-state index in [-0.39, 0.29) is 22.5 Å². The highest BCUT2D eigenvalue weighted by molar-refractivity contribution is 9.10. The first-order valence-corrected chi connectivity index (χ1v) is 5.32. The van der Waals surface area contributed by atoms with Crippen LogP contribution in [0.25, 0.3) is 0 Å². The van der Waals surface area contributed by atoms with Crippen molar-refractivity contribution in [2.75, 3.05) is 0 Å². The smallest absolute Gasteiger partial charge is 0.244 e. The highest BCUT2D eigenvalue weighted by Gasteiger charge is 2.16. The van der Waals surface area contributed by atoms with Crippen molar-refractivity contribution in [1.82, 2.24) is 4.98 Å². The van der Waals surface area contributed by atoms with Crippen molar-refractivity contribution in [2.24, 2.45) is 0 Å². The topological polar surface area (TPSA) is 36.7 Å². The van der Waals surface area contributed by atoms with Gasteiger partial charge in [-0.1, -0.05) is 0 Å². The first kappa shape index (κ1) is 12.3. The minimum Gasteiger partial charge on any atom is -0.244 e. The Labute approximate surface area is 99.0 Å². The van der Waals surface area contributed by atoms with E-state index < -0.39 is 6.43 Å². The van der Waals surface area contributed by atoms with E-state index >= 15 is 0 Å². The molecule has 80 valence electrons. The summed E-state index contributed by atoms with van der Waals surface area (Å²) in [6.45, 7) is 0. The molecule has 0 bridgehead atoms. The van der Waals surface area contributed by atoms with Crippen LogP contribution >= 0.6 is 27.5 Å². The molecule has 0 spiro atoms. The predicted octanol–water partition coefficient (Wildman–Crippen LogP) is 3.59. The molecule has 0 N–H and O–H groups in total. The van der Waals surface area contributed by atoms with Gasteiger partial charge >= 0.3 is 0 Å². The van der Waals surface area contributed by atoms with Crippen LogP contribution < -0.4 is 0 Å². The van der Waals surface area contributed by atoms with E-state index in [1.807, 2.05) is 6.07 Å². The van der Waals surface area contributed by atoms with Gasteiger partial charge in [0, 0.05) is 5.88 Å². The van der Waals surface area contributed by atoms with Crippen LogP contribution in [0.2, 0.25) is 0 Å². The van der Waals surface area contributed by atoms with Gasteiger partial charge in [0.2, 0.25) is 0 Å². The van der Waals surface area contributed by atoms with Crippen LogP contribution in [0.4, 0.5) is 8.78 Å². The van der Waals surface area contributed by atoms with E-state index in [9.17, 15) is 8.78 Å². The van der Waals surface area contributed by atoms with E-state index in [2.05, 4.69) is 20.9 Å². The summed E-state index contributed by atoms with van der Waals surface area (Å²) in [5.74, 6) is 0.0665. The Morgan fingerprint density at radius 1 is 1.60 bits per heavy atom. The lowest BCUT2D eigenvalue weighted by molar-refractivity contribution is 0.150. The summed E-state index contributed by atoms with van der Waals surface area (Å²) in [6, 6.07) is 3.18. The number of rotatable bonds is 3. The van der Waals surface area contributed by atoms with Crippen LogP contribution in [0.15, 0.2) is 10.7 Å². The molecule has 0 atom stereocenters. The average molecular weight is 296 g/mol. The molecule has 0 fully saturated rings. The van der Waals surface area contributed by atoms with E-state index in [1.165, 1.54) is 6.07 Å². The number of hydrogen-bond donors (Lipinski definition) is 0. The minimum atomic E-state index is -2.61. The number of nitriles is 1. The van der Waals surface area contributed by atoms with Crippen molar-refractivity contribution in [3.05, 3.63) is 27.5 Å². The second-order valence-electron chi connectivity index (χ2n) is 2.74. The van der Waals surface area contributed by atoms with Crippen LogP contribution in [0.5, 0.6) is 0 Å². The summed E-state index contributed by atoms with van der Waals surface area (Å²) >= 11 is 8.52. The lowest BCUT2D eigenvalue weighted by Crippen LogP contribution is -2.00. The Bertz CT molecular complexity index is 404. The maximum atomic E-state index is 12.5. The monoisotopic (exact) mass is 294 g/mol. The summed E-state index contributed by atoms with van der Waals surface area (Å²) < 4.78 is 25.0. The Hall–Kier alpha value is -0.730. The lowest BCUT2D eigenvalue weighted by Gasteiger charge is -2.08. The molecule has 0 aliphatic heterocycles. The van der Waals surface area contributed by atoms with Crippen molar-refractivity contribution in [3.8, 4) is 6.07 Å². The van der Waals surface area contributed by atoms with Gasteiger partial charge in [0.05, 0.1) is 23.7 Å². The second-order valence-corrected chi connectivity index (χ2v) is 3.76. The van der Waals surface area contributed by atoms with Crippen LogP contribution in [0.3, 0.4) is 0 Å². The van der Waals surface area contributed by atoms with Crippen LogP contribution in [-0.2, 0) is 12.3 Å². The number of nitrogens with zero attached hydrogens (tertiary/aromatic N) is 2. The molecule has 0 unspecified atom stereocenters. The second kappa shape index (κ2) is 5.38. The normalized spacial score (nSPS) is 10.4. The van der Waals surface area contributed by atoms with Gasteiger partial charge < -0.3 is 0 Å². The van der Waals surface area contributed by atoms with Crippen LogP contribution in [0, 0.1) is 11.3 Å². The third-order valence-electron chi connectivity index (χ3n) is 1.80. The zero-order valence-corrected chi connectivity index (χ0v) is 9.82. The van der Waals surface area contributed by atoms with Gasteiger partial charge in [-0.2, -0.15) is 5.26 Å². The summed E-state index contributed by atoms with van der Waals surface area (Å²) in [7, 11) is 0. The summed E-state index contributed by atoms with van der Waals surface area (Å²) in [5, 5.41) is 8.51. The number of pyridine rings is 1. The van der Waals surface area contributed by atoms with E-state index in [1.54, 1.807) is 0 Å². The molecule has 0 saturated heterocycles. The molecule has 0 saturated carbocycles. The summed E-state index contributed by atoms with van der Waals surface area (Å²) in [6.07, 6.45) is -2.55. The van der Waals surface area contributed by atoms with Crippen molar-refractivity contribution < 1.29 is 8.78 Å². The zero-order valence-electron chi connectivity index (χ0n) is 7.48. The summed E-state index contributed by atoms with van der Waals surface area (Å²) in [4.78, 5) is 3.88. The molecule has 1 aromatic rings. The Morgan fingerprint density at radius 3 is 2.73 bits per heavy atom. The molecule has 0 aliphatic rings. The maximum absolute atomic E-state index is 12.5. The van der Waals surface area contributed by atoms with Crippen molar-refractivity contribution >= 4 is 27.5 Å². The third kappa shape index (κ3) is 2.86. The van der Waals surface area contributed by atoms with Gasteiger partial charge in [-0.15, -0.1) is 11.6 Å². The van der Waals surface area contributed by atoms with Gasteiger partial charge in [-0.3, -0.25) is 0 Å². The van der Waals surface area contributed by atoms with E-state index in [0.717, 1.165) is 0 Å². The van der Waals surface area contributed by atoms with Crippen molar-refractivity contribution in [2.45, 2.75) is 18.7 Å². The van der Waals surface area contributed by atoms with Crippen LogP contribution in [-0.4, -0.2) is 4.98 Å². The standard InChI is InChI=1S/C9H6BrClF2N2/c10-8-6(9(12)13)3-5(4-11)7(15-8)1-2-14/h3,9H,1,4H2. The Kier molecular flexibility index (Phi) is 4.43. The number of aromatic nitrogens is 1. The number of hydrogen-bond acceptors (Lipinski definition) is 2. The van der Waals surface area contributed by atoms with Gasteiger partial charge in [0.25, 0.3) is 6.43 Å². The summed E-state index contributed by atoms with van der Waals surface area (Å²) in [5.41, 5.74) is 0.702. The van der Waals surface area contributed by atoms with Crippen molar-refractivity contribution in [1.29, 1.82) is 5.26 Å². The van der Waals surface area contributed by atoms with Crippen molar-refractivity contribution in [3.63, 3.8) is 0 Å². The molecule has 0 aliphatic carbocycles. The van der Waals surface area contributed by atoms with E-state index in [4.69, 9.17) is 16.9 Å². The SMILES string of the molecule is N#CCc1nc(Br)c(C(F)F)cc1CCl. The predicted molar refractivity (Wildman–Crippen MR) is 55.8 cm³/mol. The molecule has 2 nitrogen and oxygen atoms in total. The van der Waals surface area contributed by atoms with E-state index in [0.29, 0.717) is 11.3 Å². The molecule has 1 heterocycles. The van der Waals surface area contributed by atoms with Gasteiger partial charge in [0.15, 0.2) is 0 Å². The lowest BCUT2D eigenvalue weighted by atomic mass is 10.1. The largest absolute Gasteiger partial charge is 0.266 e. The number of halogens is 4. The highest BCUT2D eigenvalue weighted by Crippen LogP contribution is 2.28. The van der Waals surface area contributed by atoms with Crippen LogP contribution in [0.1, 0.15) is 23.2 Å². The molecule has 0 radical (unpaired) electrons. The first-order chi connectivity index (χ1) is 7.10. The maximum Gasteiger partial charge on any atom is 0.266 e. The molecule has 6 heteroatoms. The fourth-order valence-electron chi connectivity index (χ4n) is 1.08. The zero-order chi connectivity index (χ0) is 11.4. The molecular weight excluding hydrogens is 289 g/mol. The average Bonchev–Trinajstić information content (AvgIpc) is 2.18. The number of alkyl halides is 3. The molecule has 0 aromatic carbocycles. The van der Waals surface area contributed by atoms with Gasteiger partial charge in [0.1, 0.15) is 4.60 Å². The third-order valence-corrected chi connectivity index (χ3v) is 2.72. The minimum absolute atomic E-state index is 0.0597. The molecule has 1 aromatic heterocycles. The first-order valence-electron chi connectivity index (χ1n) is 3.99. The Balaban J connectivity index is 3.24. The molecule has 1 rings (SSSR count). The quantitative estimate of drug-likeness (QED) is 0.631. The fraction of sp³-hybridized carbons (Fsp3) is 0.333. The Morgan fingerprint density at radius 2 is 2.27 bits per heavy atom. The van der Waals surface area contributed by atoms with Gasteiger partial charge in [-0.05, 0) is 27.6 Å². The highest BCUT2D eigenvalue weighted by atomic mass is 79.9. The fourth-order valence-corrected chi connectivity index (χ4v) is 1.82.